The Morgan fingerprint density at radius 1 is 0.963 bits per heavy atom. The minimum absolute atomic E-state index is 0.239. The van der Waals surface area contributed by atoms with Crippen LogP contribution in [0.2, 0.25) is 10.0 Å². The minimum Gasteiger partial charge on any atom is -0.347 e. The summed E-state index contributed by atoms with van der Waals surface area (Å²) in [4.78, 5) is 25.6. The lowest BCUT2D eigenvalue weighted by Gasteiger charge is -2.19. The summed E-state index contributed by atoms with van der Waals surface area (Å²) in [5.74, 6) is -0.560. The molecule has 0 saturated carbocycles. The molecule has 0 aliphatic heterocycles. The monoisotopic (exact) mass is 420 g/mol. The summed E-state index contributed by atoms with van der Waals surface area (Å²) in [6.45, 7) is 5.71. The Morgan fingerprint density at radius 3 is 2.33 bits per heavy atom. The molecule has 2 amide bonds. The van der Waals surface area contributed by atoms with Gasteiger partial charge in [-0.2, -0.15) is 0 Å². The standard InChI is InChI=1S/C20H18Cl2N2O2S/c1-20(2,3)24-19(26)17-15(22)12-8-6-10-14(16(12)27-17)23-18(25)11-7-4-5-9-13(11)21/h4-10H,1-3H3,(H,23,25)(H,24,26). The molecule has 0 saturated heterocycles. The van der Waals surface area contributed by atoms with Gasteiger partial charge in [0.05, 0.1) is 26.0 Å². The van der Waals surface area contributed by atoms with Crippen molar-refractivity contribution in [3.63, 3.8) is 0 Å². The van der Waals surface area contributed by atoms with Crippen molar-refractivity contribution in [1.82, 2.24) is 5.32 Å². The highest BCUT2D eigenvalue weighted by Crippen LogP contribution is 2.39. The van der Waals surface area contributed by atoms with Crippen molar-refractivity contribution < 1.29 is 9.59 Å². The van der Waals surface area contributed by atoms with E-state index in [2.05, 4.69) is 10.6 Å². The van der Waals surface area contributed by atoms with E-state index in [1.807, 2.05) is 26.8 Å². The highest BCUT2D eigenvalue weighted by Gasteiger charge is 2.23. The first-order valence-electron chi connectivity index (χ1n) is 8.27. The molecule has 0 spiro atoms. The van der Waals surface area contributed by atoms with E-state index in [0.29, 0.717) is 26.2 Å². The van der Waals surface area contributed by atoms with Crippen LogP contribution in [0.15, 0.2) is 42.5 Å². The Labute approximate surface area is 171 Å². The minimum atomic E-state index is -0.377. The summed E-state index contributed by atoms with van der Waals surface area (Å²) < 4.78 is 0.738. The first-order valence-corrected chi connectivity index (χ1v) is 9.84. The molecule has 140 valence electrons. The van der Waals surface area contributed by atoms with E-state index in [4.69, 9.17) is 23.2 Å². The number of carbonyl (C=O) groups is 2. The first-order chi connectivity index (χ1) is 12.7. The van der Waals surface area contributed by atoms with Crippen LogP contribution in [0, 0.1) is 0 Å². The van der Waals surface area contributed by atoms with Gasteiger partial charge < -0.3 is 10.6 Å². The van der Waals surface area contributed by atoms with Crippen LogP contribution in [0.1, 0.15) is 40.8 Å². The van der Waals surface area contributed by atoms with E-state index in [0.717, 1.165) is 10.1 Å². The molecule has 7 heteroatoms. The van der Waals surface area contributed by atoms with Crippen LogP contribution in [-0.2, 0) is 0 Å². The topological polar surface area (TPSA) is 58.2 Å². The number of anilines is 1. The number of fused-ring (bicyclic) bond motifs is 1. The van der Waals surface area contributed by atoms with Crippen LogP contribution in [0.5, 0.6) is 0 Å². The van der Waals surface area contributed by atoms with Crippen molar-refractivity contribution in [3.8, 4) is 0 Å². The zero-order chi connectivity index (χ0) is 19.8. The normalized spacial score (nSPS) is 11.4. The van der Waals surface area contributed by atoms with Crippen molar-refractivity contribution in [1.29, 1.82) is 0 Å². The van der Waals surface area contributed by atoms with Crippen molar-refractivity contribution in [2.75, 3.05) is 5.32 Å². The highest BCUT2D eigenvalue weighted by atomic mass is 35.5. The molecular formula is C20H18Cl2N2O2S. The van der Waals surface area contributed by atoms with Gasteiger partial charge in [-0.3, -0.25) is 9.59 Å². The van der Waals surface area contributed by atoms with Crippen molar-refractivity contribution in [2.45, 2.75) is 26.3 Å². The molecule has 0 aliphatic rings. The fourth-order valence-electron chi connectivity index (χ4n) is 2.57. The van der Waals surface area contributed by atoms with E-state index in [1.165, 1.54) is 11.3 Å². The van der Waals surface area contributed by atoms with Crippen LogP contribution in [0.25, 0.3) is 10.1 Å². The van der Waals surface area contributed by atoms with E-state index in [-0.39, 0.29) is 17.4 Å². The Kier molecular flexibility index (Phi) is 5.47. The number of amides is 2. The predicted octanol–water partition coefficient (Wildman–Crippen LogP) is 5.99. The molecule has 0 bridgehead atoms. The van der Waals surface area contributed by atoms with Crippen LogP contribution >= 0.6 is 34.5 Å². The Morgan fingerprint density at radius 2 is 1.67 bits per heavy atom. The lowest BCUT2D eigenvalue weighted by Crippen LogP contribution is -2.40. The van der Waals surface area contributed by atoms with Gasteiger partial charge in [-0.05, 0) is 39.0 Å². The van der Waals surface area contributed by atoms with Crippen LogP contribution in [-0.4, -0.2) is 17.4 Å². The third-order valence-electron chi connectivity index (χ3n) is 3.72. The van der Waals surface area contributed by atoms with E-state index < -0.39 is 0 Å². The summed E-state index contributed by atoms with van der Waals surface area (Å²) in [5, 5.41) is 7.25. The number of thiophene rings is 1. The molecule has 3 rings (SSSR count). The molecule has 4 nitrogen and oxygen atoms in total. The molecule has 0 aliphatic carbocycles. The summed E-state index contributed by atoms with van der Waals surface area (Å²) in [6.07, 6.45) is 0. The molecular weight excluding hydrogens is 403 g/mol. The molecule has 27 heavy (non-hydrogen) atoms. The molecule has 0 fully saturated rings. The molecule has 0 atom stereocenters. The lowest BCUT2D eigenvalue weighted by molar-refractivity contribution is 0.0923. The number of nitrogens with one attached hydrogen (secondary N) is 2. The second-order valence-electron chi connectivity index (χ2n) is 7.07. The van der Waals surface area contributed by atoms with Crippen LogP contribution in [0.4, 0.5) is 5.69 Å². The number of hydrogen-bond acceptors (Lipinski definition) is 3. The molecule has 2 N–H and O–H groups in total. The lowest BCUT2D eigenvalue weighted by atomic mass is 10.1. The average molecular weight is 421 g/mol. The number of rotatable bonds is 3. The van der Waals surface area contributed by atoms with E-state index in [9.17, 15) is 9.59 Å². The van der Waals surface area contributed by atoms with Gasteiger partial charge in [0.25, 0.3) is 11.8 Å². The molecule has 3 aromatic rings. The van der Waals surface area contributed by atoms with Crippen molar-refractivity contribution in [3.05, 3.63) is 63.0 Å². The summed E-state index contributed by atoms with van der Waals surface area (Å²) in [6, 6.07) is 12.2. The average Bonchev–Trinajstić information content (AvgIpc) is 2.92. The van der Waals surface area contributed by atoms with Crippen LogP contribution < -0.4 is 10.6 Å². The Hall–Kier alpha value is -2.08. The van der Waals surface area contributed by atoms with Gasteiger partial charge in [0.2, 0.25) is 0 Å². The number of benzene rings is 2. The predicted molar refractivity (Wildman–Crippen MR) is 113 cm³/mol. The summed E-state index contributed by atoms with van der Waals surface area (Å²) in [7, 11) is 0. The highest BCUT2D eigenvalue weighted by molar-refractivity contribution is 7.22. The van der Waals surface area contributed by atoms with Crippen LogP contribution in [0.3, 0.4) is 0 Å². The summed E-state index contributed by atoms with van der Waals surface area (Å²) in [5.41, 5.74) is 0.584. The van der Waals surface area contributed by atoms with Gasteiger partial charge in [-0.15, -0.1) is 11.3 Å². The Balaban J connectivity index is 1.98. The SMILES string of the molecule is CC(C)(C)NC(=O)c1sc2c(NC(=O)c3ccccc3Cl)cccc2c1Cl. The molecule has 0 unspecified atom stereocenters. The maximum Gasteiger partial charge on any atom is 0.263 e. The molecule has 0 radical (unpaired) electrons. The third kappa shape index (κ3) is 4.26. The largest absolute Gasteiger partial charge is 0.347 e. The quantitative estimate of drug-likeness (QED) is 0.546. The third-order valence-corrected chi connectivity index (χ3v) is 5.79. The van der Waals surface area contributed by atoms with Gasteiger partial charge in [0, 0.05) is 10.9 Å². The van der Waals surface area contributed by atoms with Gasteiger partial charge in [0.1, 0.15) is 4.88 Å². The van der Waals surface area contributed by atoms with Gasteiger partial charge in [0.15, 0.2) is 0 Å². The fourth-order valence-corrected chi connectivity index (χ4v) is 4.26. The van der Waals surface area contributed by atoms with Gasteiger partial charge in [-0.25, -0.2) is 0 Å². The molecule has 2 aromatic carbocycles. The number of hydrogen-bond donors (Lipinski definition) is 2. The fraction of sp³-hybridized carbons (Fsp3) is 0.200. The second kappa shape index (κ2) is 7.50. The van der Waals surface area contributed by atoms with E-state index >= 15 is 0 Å². The Bertz CT molecular complexity index is 1040. The zero-order valence-electron chi connectivity index (χ0n) is 15.0. The molecule has 1 aromatic heterocycles. The first kappa shape index (κ1) is 19.7. The smallest absolute Gasteiger partial charge is 0.263 e. The van der Waals surface area contributed by atoms with Crippen molar-refractivity contribution >= 4 is 62.1 Å². The number of carbonyl (C=O) groups excluding carboxylic acids is 2. The number of halogens is 2. The summed E-state index contributed by atoms with van der Waals surface area (Å²) >= 11 is 13.8. The molecule has 1 heterocycles. The van der Waals surface area contributed by atoms with E-state index in [1.54, 1.807) is 36.4 Å². The zero-order valence-corrected chi connectivity index (χ0v) is 17.4. The van der Waals surface area contributed by atoms with Gasteiger partial charge in [-0.1, -0.05) is 47.5 Å². The maximum absolute atomic E-state index is 12.6. The second-order valence-corrected chi connectivity index (χ2v) is 8.87. The van der Waals surface area contributed by atoms with Gasteiger partial charge >= 0.3 is 0 Å². The maximum atomic E-state index is 12.6. The van der Waals surface area contributed by atoms with Crippen molar-refractivity contribution in [2.24, 2.45) is 0 Å².